The summed E-state index contributed by atoms with van der Waals surface area (Å²) in [5.41, 5.74) is -1.35. The van der Waals surface area contributed by atoms with E-state index in [1.807, 2.05) is 0 Å². The monoisotopic (exact) mass is 212 g/mol. The molecular formula is C11H7F3O. The van der Waals surface area contributed by atoms with E-state index in [4.69, 9.17) is 0 Å². The van der Waals surface area contributed by atoms with Gasteiger partial charge in [0.25, 0.3) is 0 Å². The summed E-state index contributed by atoms with van der Waals surface area (Å²) in [6.45, 7) is 1.40. The third-order valence-electron chi connectivity index (χ3n) is 1.72. The van der Waals surface area contributed by atoms with Crippen LogP contribution in [0.1, 0.15) is 22.8 Å². The summed E-state index contributed by atoms with van der Waals surface area (Å²) in [5, 5.41) is 0. The van der Waals surface area contributed by atoms with Crippen LogP contribution in [0.25, 0.3) is 0 Å². The molecule has 0 saturated carbocycles. The van der Waals surface area contributed by atoms with Gasteiger partial charge < -0.3 is 0 Å². The van der Waals surface area contributed by atoms with Crippen LogP contribution in [0.4, 0.5) is 13.2 Å². The first-order valence-corrected chi connectivity index (χ1v) is 4.10. The molecule has 0 aliphatic heterocycles. The zero-order valence-electron chi connectivity index (χ0n) is 7.85. The number of hydrogen-bond donors (Lipinski definition) is 0. The Bertz CT molecular complexity index is 435. The second-order valence-electron chi connectivity index (χ2n) is 2.75. The molecule has 0 radical (unpaired) electrons. The van der Waals surface area contributed by atoms with Gasteiger partial charge >= 0.3 is 6.18 Å². The van der Waals surface area contributed by atoms with Gasteiger partial charge in [-0.05, 0) is 25.0 Å². The molecule has 0 amide bonds. The normalized spacial score (nSPS) is 10.4. The minimum atomic E-state index is -4.53. The van der Waals surface area contributed by atoms with Crippen LogP contribution in [0.3, 0.4) is 0 Å². The van der Waals surface area contributed by atoms with Crippen LogP contribution in [-0.4, -0.2) is 5.78 Å². The Morgan fingerprint density at radius 2 is 1.87 bits per heavy atom. The summed E-state index contributed by atoms with van der Waals surface area (Å²) in [5.74, 6) is 3.55. The number of hydrogen-bond acceptors (Lipinski definition) is 1. The first-order valence-electron chi connectivity index (χ1n) is 4.10. The maximum absolute atomic E-state index is 12.4. The van der Waals surface area contributed by atoms with Crippen molar-refractivity contribution in [3.8, 4) is 11.8 Å². The van der Waals surface area contributed by atoms with E-state index in [1.165, 1.54) is 19.1 Å². The quantitative estimate of drug-likeness (QED) is 0.397. The molecule has 0 aromatic heterocycles. The van der Waals surface area contributed by atoms with Crippen molar-refractivity contribution in [2.24, 2.45) is 0 Å². The topological polar surface area (TPSA) is 17.1 Å². The minimum absolute atomic E-state index is 0.403. The number of alkyl halides is 3. The lowest BCUT2D eigenvalue weighted by Gasteiger charge is -2.09. The van der Waals surface area contributed by atoms with E-state index in [1.54, 1.807) is 0 Å². The van der Waals surface area contributed by atoms with E-state index < -0.39 is 23.1 Å². The van der Waals surface area contributed by atoms with Gasteiger partial charge in [0.2, 0.25) is 5.78 Å². The third kappa shape index (κ3) is 2.59. The molecule has 1 aromatic rings. The maximum atomic E-state index is 12.4. The number of ketones is 1. The first-order chi connectivity index (χ1) is 6.96. The van der Waals surface area contributed by atoms with Crippen molar-refractivity contribution in [1.82, 2.24) is 0 Å². The molecule has 0 saturated heterocycles. The lowest BCUT2D eigenvalue weighted by molar-refractivity contribution is -0.137. The fraction of sp³-hybridized carbons (Fsp3) is 0.182. The second-order valence-corrected chi connectivity index (χ2v) is 2.75. The van der Waals surface area contributed by atoms with Gasteiger partial charge in [0.05, 0.1) is 5.56 Å². The van der Waals surface area contributed by atoms with Crippen molar-refractivity contribution in [2.45, 2.75) is 13.1 Å². The van der Waals surface area contributed by atoms with E-state index in [0.717, 1.165) is 12.1 Å². The fourth-order valence-electron chi connectivity index (χ4n) is 1.11. The first kappa shape index (κ1) is 11.3. The van der Waals surface area contributed by atoms with E-state index in [-0.39, 0.29) is 0 Å². The Labute approximate surface area is 84.9 Å². The van der Waals surface area contributed by atoms with Crippen LogP contribution in [0.15, 0.2) is 24.3 Å². The van der Waals surface area contributed by atoms with Crippen molar-refractivity contribution >= 4 is 5.78 Å². The van der Waals surface area contributed by atoms with Crippen LogP contribution in [0.5, 0.6) is 0 Å². The van der Waals surface area contributed by atoms with Crippen LogP contribution in [0.2, 0.25) is 0 Å². The van der Waals surface area contributed by atoms with Gasteiger partial charge in [0, 0.05) is 5.56 Å². The predicted octanol–water partition coefficient (Wildman–Crippen LogP) is 2.91. The fourth-order valence-corrected chi connectivity index (χ4v) is 1.11. The average Bonchev–Trinajstić information content (AvgIpc) is 2.17. The zero-order valence-corrected chi connectivity index (χ0v) is 7.85. The summed E-state index contributed by atoms with van der Waals surface area (Å²) in [7, 11) is 0. The Balaban J connectivity index is 3.28. The predicted molar refractivity (Wildman–Crippen MR) is 49.2 cm³/mol. The van der Waals surface area contributed by atoms with Crippen molar-refractivity contribution in [3.05, 3.63) is 35.4 Å². The van der Waals surface area contributed by atoms with E-state index in [9.17, 15) is 18.0 Å². The smallest absolute Gasteiger partial charge is 0.279 e. The molecule has 0 aliphatic rings. The molecule has 15 heavy (non-hydrogen) atoms. The highest BCUT2D eigenvalue weighted by atomic mass is 19.4. The van der Waals surface area contributed by atoms with Gasteiger partial charge in [-0.25, -0.2) is 0 Å². The lowest BCUT2D eigenvalue weighted by Crippen LogP contribution is -2.11. The highest BCUT2D eigenvalue weighted by molar-refractivity contribution is 6.10. The zero-order chi connectivity index (χ0) is 11.5. The van der Waals surface area contributed by atoms with Gasteiger partial charge in [0.15, 0.2) is 0 Å². The molecule has 78 valence electrons. The number of carbonyl (C=O) groups is 1. The number of carbonyl (C=O) groups excluding carboxylic acids is 1. The average molecular weight is 212 g/mol. The van der Waals surface area contributed by atoms with E-state index in [2.05, 4.69) is 11.8 Å². The van der Waals surface area contributed by atoms with Crippen molar-refractivity contribution in [2.75, 3.05) is 0 Å². The van der Waals surface area contributed by atoms with Crippen LogP contribution < -0.4 is 0 Å². The van der Waals surface area contributed by atoms with Gasteiger partial charge in [-0.15, -0.1) is 0 Å². The summed E-state index contributed by atoms with van der Waals surface area (Å²) in [6.07, 6.45) is -4.53. The number of benzene rings is 1. The largest absolute Gasteiger partial charge is 0.417 e. The molecule has 0 heterocycles. The number of rotatable bonds is 1. The maximum Gasteiger partial charge on any atom is 0.417 e. The summed E-state index contributed by atoms with van der Waals surface area (Å²) in [4.78, 5) is 11.2. The summed E-state index contributed by atoms with van der Waals surface area (Å²) in [6, 6.07) is 4.60. The summed E-state index contributed by atoms with van der Waals surface area (Å²) >= 11 is 0. The van der Waals surface area contributed by atoms with Crippen molar-refractivity contribution < 1.29 is 18.0 Å². The van der Waals surface area contributed by atoms with Gasteiger partial charge in [-0.2, -0.15) is 13.2 Å². The van der Waals surface area contributed by atoms with E-state index in [0.29, 0.717) is 0 Å². The molecule has 0 N–H and O–H groups in total. The van der Waals surface area contributed by atoms with Crippen molar-refractivity contribution in [1.29, 1.82) is 0 Å². The Hall–Kier alpha value is -1.76. The van der Waals surface area contributed by atoms with Crippen LogP contribution in [0, 0.1) is 11.8 Å². The van der Waals surface area contributed by atoms with Gasteiger partial charge in [0.1, 0.15) is 0 Å². The van der Waals surface area contributed by atoms with Crippen LogP contribution in [-0.2, 0) is 6.18 Å². The molecule has 0 unspecified atom stereocenters. The third-order valence-corrected chi connectivity index (χ3v) is 1.72. The molecule has 0 spiro atoms. The number of halogens is 3. The van der Waals surface area contributed by atoms with E-state index >= 15 is 0 Å². The highest BCUT2D eigenvalue weighted by Crippen LogP contribution is 2.31. The van der Waals surface area contributed by atoms with Crippen LogP contribution >= 0.6 is 0 Å². The SMILES string of the molecule is CC#CC(=O)c1ccccc1C(F)(F)F. The lowest BCUT2D eigenvalue weighted by atomic mass is 10.0. The standard InChI is InChI=1S/C11H7F3O/c1-2-5-10(15)8-6-3-4-7-9(8)11(12,13)14/h3-4,6-7H,1H3. The molecule has 1 rings (SSSR count). The summed E-state index contributed by atoms with van der Waals surface area (Å²) < 4.78 is 37.3. The van der Waals surface area contributed by atoms with Gasteiger partial charge in [-0.1, -0.05) is 18.1 Å². The molecule has 0 atom stereocenters. The molecule has 0 aliphatic carbocycles. The number of Topliss-reactive ketones (excluding diaryl/α,β-unsaturated/α-hetero) is 1. The molecule has 0 bridgehead atoms. The Morgan fingerprint density at radius 1 is 1.27 bits per heavy atom. The molecule has 0 fully saturated rings. The minimum Gasteiger partial charge on any atom is -0.279 e. The molecule has 4 heteroatoms. The Kier molecular flexibility index (Phi) is 3.15. The van der Waals surface area contributed by atoms with Gasteiger partial charge in [-0.3, -0.25) is 4.79 Å². The molecule has 1 aromatic carbocycles. The highest BCUT2D eigenvalue weighted by Gasteiger charge is 2.34. The van der Waals surface area contributed by atoms with Crippen molar-refractivity contribution in [3.63, 3.8) is 0 Å². The molecule has 1 nitrogen and oxygen atoms in total. The second kappa shape index (κ2) is 4.18. The molecular weight excluding hydrogens is 205 g/mol. The Morgan fingerprint density at radius 3 is 2.40 bits per heavy atom.